The number of carbonyl (C=O) groups is 1. The van der Waals surface area contributed by atoms with Crippen molar-refractivity contribution in [3.05, 3.63) is 0 Å². The average Bonchev–Trinajstić information content (AvgIpc) is 2.20. The van der Waals surface area contributed by atoms with Crippen molar-refractivity contribution >= 4 is 5.78 Å². The molecule has 1 unspecified atom stereocenters. The molecule has 82 valence electrons. The number of rotatable bonds is 4. The van der Waals surface area contributed by atoms with Gasteiger partial charge in [0.05, 0.1) is 6.04 Å². The van der Waals surface area contributed by atoms with E-state index in [1.54, 1.807) is 6.92 Å². The van der Waals surface area contributed by atoms with Crippen molar-refractivity contribution in [2.24, 2.45) is 0 Å². The topological polar surface area (TPSA) is 20.3 Å². The van der Waals surface area contributed by atoms with Gasteiger partial charge < -0.3 is 0 Å². The van der Waals surface area contributed by atoms with Gasteiger partial charge in [0.1, 0.15) is 5.78 Å². The van der Waals surface area contributed by atoms with Gasteiger partial charge in [-0.2, -0.15) is 0 Å². The van der Waals surface area contributed by atoms with Crippen molar-refractivity contribution in [2.45, 2.75) is 65.0 Å². The minimum Gasteiger partial charge on any atom is -0.298 e. The fraction of sp³-hybridized carbons (Fsp3) is 0.917. The SMILES string of the molecule is CCC(CC)N1CCCCC1C(C)=O. The maximum atomic E-state index is 11.5. The van der Waals surface area contributed by atoms with E-state index in [4.69, 9.17) is 0 Å². The Morgan fingerprint density at radius 1 is 1.36 bits per heavy atom. The van der Waals surface area contributed by atoms with Gasteiger partial charge >= 0.3 is 0 Å². The molecule has 1 aliphatic heterocycles. The van der Waals surface area contributed by atoms with Crippen molar-refractivity contribution in [3.63, 3.8) is 0 Å². The predicted octanol–water partition coefficient (Wildman–Crippen LogP) is 2.62. The first kappa shape index (κ1) is 11.7. The van der Waals surface area contributed by atoms with Gasteiger partial charge in [0.25, 0.3) is 0 Å². The van der Waals surface area contributed by atoms with Gasteiger partial charge in [0.2, 0.25) is 0 Å². The predicted molar refractivity (Wildman–Crippen MR) is 59.4 cm³/mol. The highest BCUT2D eigenvalue weighted by molar-refractivity contribution is 5.81. The number of ketones is 1. The number of piperidine rings is 1. The molecule has 0 radical (unpaired) electrons. The molecule has 0 N–H and O–H groups in total. The lowest BCUT2D eigenvalue weighted by molar-refractivity contribution is -0.124. The molecule has 0 spiro atoms. The van der Waals surface area contributed by atoms with E-state index in [0.717, 1.165) is 13.0 Å². The van der Waals surface area contributed by atoms with Crippen LogP contribution in [-0.4, -0.2) is 29.3 Å². The van der Waals surface area contributed by atoms with Crippen molar-refractivity contribution < 1.29 is 4.79 Å². The zero-order valence-electron chi connectivity index (χ0n) is 9.75. The summed E-state index contributed by atoms with van der Waals surface area (Å²) in [7, 11) is 0. The molecular formula is C12H23NO. The Kier molecular flexibility index (Phi) is 4.59. The molecule has 1 rings (SSSR count). The molecule has 1 heterocycles. The summed E-state index contributed by atoms with van der Waals surface area (Å²) in [6.45, 7) is 7.31. The Balaban J connectivity index is 2.65. The van der Waals surface area contributed by atoms with E-state index >= 15 is 0 Å². The molecule has 2 heteroatoms. The van der Waals surface area contributed by atoms with E-state index < -0.39 is 0 Å². The second-order valence-electron chi connectivity index (χ2n) is 4.33. The van der Waals surface area contributed by atoms with Gasteiger partial charge in [-0.15, -0.1) is 0 Å². The monoisotopic (exact) mass is 197 g/mol. The Morgan fingerprint density at radius 3 is 2.50 bits per heavy atom. The van der Waals surface area contributed by atoms with Crippen LogP contribution in [0.1, 0.15) is 52.9 Å². The summed E-state index contributed by atoms with van der Waals surface area (Å²) in [5, 5.41) is 0. The average molecular weight is 197 g/mol. The zero-order chi connectivity index (χ0) is 10.6. The maximum absolute atomic E-state index is 11.5. The van der Waals surface area contributed by atoms with E-state index in [1.165, 1.54) is 25.7 Å². The van der Waals surface area contributed by atoms with Crippen molar-refractivity contribution in [1.82, 2.24) is 4.90 Å². The van der Waals surface area contributed by atoms with Crippen LogP contribution < -0.4 is 0 Å². The highest BCUT2D eigenvalue weighted by Gasteiger charge is 2.29. The van der Waals surface area contributed by atoms with Crippen molar-refractivity contribution in [2.75, 3.05) is 6.54 Å². The van der Waals surface area contributed by atoms with Crippen molar-refractivity contribution in [3.8, 4) is 0 Å². The van der Waals surface area contributed by atoms with Crippen LogP contribution in [0.5, 0.6) is 0 Å². The van der Waals surface area contributed by atoms with Crippen molar-refractivity contribution in [1.29, 1.82) is 0 Å². The second-order valence-corrected chi connectivity index (χ2v) is 4.33. The van der Waals surface area contributed by atoms with E-state index in [2.05, 4.69) is 18.7 Å². The van der Waals surface area contributed by atoms with E-state index in [0.29, 0.717) is 11.8 Å². The largest absolute Gasteiger partial charge is 0.298 e. The normalized spacial score (nSPS) is 24.1. The van der Waals surface area contributed by atoms with E-state index in [1.807, 2.05) is 0 Å². The lowest BCUT2D eigenvalue weighted by Gasteiger charge is -2.39. The molecule has 0 bridgehead atoms. The Bertz CT molecular complexity index is 187. The summed E-state index contributed by atoms with van der Waals surface area (Å²) in [5.41, 5.74) is 0. The molecule has 1 fully saturated rings. The molecule has 0 aromatic rings. The third kappa shape index (κ3) is 2.57. The standard InChI is InChI=1S/C12H23NO/c1-4-11(5-2)13-9-7-6-8-12(13)10(3)14/h11-12H,4-9H2,1-3H3. The van der Waals surface area contributed by atoms with Gasteiger partial charge in [-0.3, -0.25) is 9.69 Å². The minimum absolute atomic E-state index is 0.216. The van der Waals surface area contributed by atoms with Gasteiger partial charge in [0, 0.05) is 6.04 Å². The minimum atomic E-state index is 0.216. The summed E-state index contributed by atoms with van der Waals surface area (Å²) in [4.78, 5) is 13.9. The molecule has 2 nitrogen and oxygen atoms in total. The molecule has 0 aromatic carbocycles. The number of Topliss-reactive ketones (excluding diaryl/α,β-unsaturated/α-hetero) is 1. The van der Waals surface area contributed by atoms with Crippen LogP contribution in [0.2, 0.25) is 0 Å². The Morgan fingerprint density at radius 2 is 2.00 bits per heavy atom. The molecule has 0 aliphatic carbocycles. The molecule has 0 saturated carbocycles. The molecule has 1 atom stereocenters. The molecular weight excluding hydrogens is 174 g/mol. The number of hydrogen-bond acceptors (Lipinski definition) is 2. The third-order valence-electron chi connectivity index (χ3n) is 3.42. The number of likely N-dealkylation sites (tertiary alicyclic amines) is 1. The highest BCUT2D eigenvalue weighted by Crippen LogP contribution is 2.22. The molecule has 1 aliphatic rings. The lowest BCUT2D eigenvalue weighted by atomic mass is 9.95. The molecule has 14 heavy (non-hydrogen) atoms. The summed E-state index contributed by atoms with van der Waals surface area (Å²) >= 11 is 0. The quantitative estimate of drug-likeness (QED) is 0.690. The summed E-state index contributed by atoms with van der Waals surface area (Å²) in [5.74, 6) is 0.358. The Hall–Kier alpha value is -0.370. The Labute approximate surface area is 87.7 Å². The highest BCUT2D eigenvalue weighted by atomic mass is 16.1. The van der Waals surface area contributed by atoms with Crippen LogP contribution in [0.3, 0.4) is 0 Å². The first-order valence-electron chi connectivity index (χ1n) is 5.96. The van der Waals surface area contributed by atoms with Crippen LogP contribution >= 0.6 is 0 Å². The third-order valence-corrected chi connectivity index (χ3v) is 3.42. The second kappa shape index (κ2) is 5.50. The van der Waals surface area contributed by atoms with Gasteiger partial charge in [-0.25, -0.2) is 0 Å². The fourth-order valence-electron chi connectivity index (χ4n) is 2.59. The lowest BCUT2D eigenvalue weighted by Crippen LogP contribution is -2.49. The first-order valence-corrected chi connectivity index (χ1v) is 5.96. The summed E-state index contributed by atoms with van der Waals surface area (Å²) < 4.78 is 0. The molecule has 1 saturated heterocycles. The van der Waals surface area contributed by atoms with Crippen LogP contribution in [0.15, 0.2) is 0 Å². The number of nitrogens with zero attached hydrogens (tertiary/aromatic N) is 1. The summed E-state index contributed by atoms with van der Waals surface area (Å²) in [6.07, 6.45) is 5.90. The van der Waals surface area contributed by atoms with E-state index in [-0.39, 0.29) is 6.04 Å². The van der Waals surface area contributed by atoms with E-state index in [9.17, 15) is 4.79 Å². The van der Waals surface area contributed by atoms with Crippen LogP contribution in [0.25, 0.3) is 0 Å². The van der Waals surface area contributed by atoms with Gasteiger partial charge in [-0.1, -0.05) is 20.3 Å². The molecule has 0 amide bonds. The van der Waals surface area contributed by atoms with Crippen LogP contribution in [-0.2, 0) is 4.79 Å². The number of carbonyl (C=O) groups excluding carboxylic acids is 1. The summed E-state index contributed by atoms with van der Waals surface area (Å²) in [6, 6.07) is 0.831. The van der Waals surface area contributed by atoms with Gasteiger partial charge in [-0.05, 0) is 39.2 Å². The molecule has 0 aromatic heterocycles. The number of hydrogen-bond donors (Lipinski definition) is 0. The van der Waals surface area contributed by atoms with Crippen LogP contribution in [0, 0.1) is 0 Å². The zero-order valence-corrected chi connectivity index (χ0v) is 9.75. The van der Waals surface area contributed by atoms with Gasteiger partial charge in [0.15, 0.2) is 0 Å². The van der Waals surface area contributed by atoms with Crippen LogP contribution in [0.4, 0.5) is 0 Å². The first-order chi connectivity index (χ1) is 6.70. The fourth-order valence-corrected chi connectivity index (χ4v) is 2.59. The maximum Gasteiger partial charge on any atom is 0.146 e. The smallest absolute Gasteiger partial charge is 0.146 e.